The third-order valence-corrected chi connectivity index (χ3v) is 3.93. The van der Waals surface area contributed by atoms with Crippen LogP contribution in [0.5, 0.6) is 0 Å². The van der Waals surface area contributed by atoms with Crippen LogP contribution >= 0.6 is 0 Å². The average Bonchev–Trinajstić information content (AvgIpc) is 2.21. The monoisotopic (exact) mass is 228 g/mol. The van der Waals surface area contributed by atoms with Crippen molar-refractivity contribution in [3.05, 3.63) is 0 Å². The van der Waals surface area contributed by atoms with Gasteiger partial charge in [0.15, 0.2) is 0 Å². The molecule has 1 aliphatic rings. The fourth-order valence-electron chi connectivity index (χ4n) is 2.98. The van der Waals surface area contributed by atoms with Crippen LogP contribution < -0.4 is 11.1 Å². The Morgan fingerprint density at radius 1 is 1.31 bits per heavy atom. The van der Waals surface area contributed by atoms with Gasteiger partial charge in [0, 0.05) is 36.4 Å². The van der Waals surface area contributed by atoms with Crippen LogP contribution in [-0.4, -0.2) is 31.7 Å². The highest BCUT2D eigenvalue weighted by molar-refractivity contribution is 5.76. The SMILES string of the molecule is COCCC(=O)NC1C(C)(C)C(N)C1(C)C. The van der Waals surface area contributed by atoms with Gasteiger partial charge in [0.25, 0.3) is 0 Å². The summed E-state index contributed by atoms with van der Waals surface area (Å²) >= 11 is 0. The minimum Gasteiger partial charge on any atom is -0.384 e. The van der Waals surface area contributed by atoms with E-state index in [2.05, 4.69) is 33.0 Å². The summed E-state index contributed by atoms with van der Waals surface area (Å²) in [4.78, 5) is 11.7. The zero-order valence-corrected chi connectivity index (χ0v) is 11.0. The Labute approximate surface area is 97.9 Å². The van der Waals surface area contributed by atoms with E-state index in [1.807, 2.05) is 0 Å². The first-order valence-electron chi connectivity index (χ1n) is 5.78. The Bertz CT molecular complexity index is 258. The van der Waals surface area contributed by atoms with Crippen LogP contribution in [-0.2, 0) is 9.53 Å². The van der Waals surface area contributed by atoms with E-state index in [9.17, 15) is 4.79 Å². The van der Waals surface area contributed by atoms with Gasteiger partial charge < -0.3 is 15.8 Å². The molecule has 0 atom stereocenters. The molecule has 0 unspecified atom stereocenters. The topological polar surface area (TPSA) is 64.3 Å². The van der Waals surface area contributed by atoms with Crippen LogP contribution in [0.3, 0.4) is 0 Å². The maximum absolute atomic E-state index is 11.7. The first-order chi connectivity index (χ1) is 7.24. The van der Waals surface area contributed by atoms with E-state index in [1.165, 1.54) is 0 Å². The summed E-state index contributed by atoms with van der Waals surface area (Å²) < 4.78 is 4.89. The molecule has 1 amide bonds. The van der Waals surface area contributed by atoms with E-state index in [-0.39, 0.29) is 28.8 Å². The largest absolute Gasteiger partial charge is 0.384 e. The van der Waals surface area contributed by atoms with Gasteiger partial charge in [-0.3, -0.25) is 4.79 Å². The fourth-order valence-corrected chi connectivity index (χ4v) is 2.98. The Morgan fingerprint density at radius 3 is 2.25 bits per heavy atom. The van der Waals surface area contributed by atoms with Crippen molar-refractivity contribution in [2.45, 2.75) is 46.2 Å². The molecule has 4 heteroatoms. The Balaban J connectivity index is 2.57. The third kappa shape index (κ3) is 2.09. The summed E-state index contributed by atoms with van der Waals surface area (Å²) in [5, 5.41) is 3.06. The fraction of sp³-hybridized carbons (Fsp3) is 0.917. The van der Waals surface area contributed by atoms with Crippen LogP contribution in [0.2, 0.25) is 0 Å². The summed E-state index contributed by atoms with van der Waals surface area (Å²) in [6.07, 6.45) is 0.411. The number of ether oxygens (including phenoxy) is 1. The lowest BCUT2D eigenvalue weighted by Crippen LogP contribution is -2.76. The van der Waals surface area contributed by atoms with Crippen molar-refractivity contribution in [1.82, 2.24) is 5.32 Å². The second-order valence-corrected chi connectivity index (χ2v) is 5.86. The average molecular weight is 228 g/mol. The Morgan fingerprint density at radius 2 is 1.81 bits per heavy atom. The first kappa shape index (κ1) is 13.5. The number of rotatable bonds is 4. The van der Waals surface area contributed by atoms with Gasteiger partial charge in [-0.05, 0) is 0 Å². The molecule has 0 heterocycles. The smallest absolute Gasteiger partial charge is 0.222 e. The highest BCUT2D eigenvalue weighted by atomic mass is 16.5. The zero-order valence-electron chi connectivity index (χ0n) is 11.0. The van der Waals surface area contributed by atoms with E-state index < -0.39 is 0 Å². The lowest BCUT2D eigenvalue weighted by molar-refractivity contribution is -0.133. The summed E-state index contributed by atoms with van der Waals surface area (Å²) in [6, 6.07) is 0.257. The van der Waals surface area contributed by atoms with E-state index in [0.29, 0.717) is 13.0 Å². The van der Waals surface area contributed by atoms with Gasteiger partial charge >= 0.3 is 0 Å². The Kier molecular flexibility index (Phi) is 3.65. The molecular formula is C12H24N2O2. The maximum atomic E-state index is 11.7. The van der Waals surface area contributed by atoms with Crippen molar-refractivity contribution in [1.29, 1.82) is 0 Å². The third-order valence-electron chi connectivity index (χ3n) is 3.93. The van der Waals surface area contributed by atoms with E-state index in [4.69, 9.17) is 10.5 Å². The van der Waals surface area contributed by atoms with Gasteiger partial charge in [0.1, 0.15) is 0 Å². The highest BCUT2D eigenvalue weighted by Gasteiger charge is 2.60. The lowest BCUT2D eigenvalue weighted by Gasteiger charge is -2.62. The van der Waals surface area contributed by atoms with E-state index in [1.54, 1.807) is 7.11 Å². The molecule has 0 spiro atoms. The van der Waals surface area contributed by atoms with Gasteiger partial charge in [-0.25, -0.2) is 0 Å². The quantitative estimate of drug-likeness (QED) is 0.751. The molecule has 0 aromatic heterocycles. The highest BCUT2D eigenvalue weighted by Crippen LogP contribution is 2.52. The van der Waals surface area contributed by atoms with Gasteiger partial charge in [-0.1, -0.05) is 27.7 Å². The minimum atomic E-state index is -0.0355. The summed E-state index contributed by atoms with van der Waals surface area (Å²) in [5.41, 5.74) is 6.05. The molecule has 1 saturated carbocycles. The first-order valence-corrected chi connectivity index (χ1v) is 5.78. The summed E-state index contributed by atoms with van der Waals surface area (Å²) in [5.74, 6) is 0.0416. The second-order valence-electron chi connectivity index (χ2n) is 5.86. The van der Waals surface area contributed by atoms with Gasteiger partial charge in [-0.2, -0.15) is 0 Å². The van der Waals surface area contributed by atoms with Gasteiger partial charge in [0.05, 0.1) is 6.61 Å². The zero-order chi connectivity index (χ0) is 12.6. The molecule has 1 fully saturated rings. The van der Waals surface area contributed by atoms with Crippen LogP contribution in [0.25, 0.3) is 0 Å². The van der Waals surface area contributed by atoms with E-state index >= 15 is 0 Å². The number of amides is 1. The molecule has 0 saturated heterocycles. The lowest BCUT2D eigenvalue weighted by atomic mass is 9.48. The number of hydrogen-bond donors (Lipinski definition) is 2. The number of nitrogens with one attached hydrogen (secondary N) is 1. The summed E-state index contributed by atoms with van der Waals surface area (Å²) in [7, 11) is 1.60. The van der Waals surface area contributed by atoms with Crippen LogP contribution in [0, 0.1) is 10.8 Å². The summed E-state index contributed by atoms with van der Waals surface area (Å²) in [6.45, 7) is 8.87. The molecule has 0 aromatic rings. The van der Waals surface area contributed by atoms with Crippen LogP contribution in [0.15, 0.2) is 0 Å². The molecule has 0 radical (unpaired) electrons. The number of hydrogen-bond acceptors (Lipinski definition) is 3. The molecule has 1 rings (SSSR count). The van der Waals surface area contributed by atoms with Crippen molar-refractivity contribution in [2.75, 3.05) is 13.7 Å². The molecule has 16 heavy (non-hydrogen) atoms. The number of carbonyl (C=O) groups excluding carboxylic acids is 1. The van der Waals surface area contributed by atoms with Crippen molar-refractivity contribution in [2.24, 2.45) is 16.6 Å². The molecule has 0 aliphatic heterocycles. The molecular weight excluding hydrogens is 204 g/mol. The predicted molar refractivity (Wildman–Crippen MR) is 64.0 cm³/mol. The van der Waals surface area contributed by atoms with Crippen molar-refractivity contribution < 1.29 is 9.53 Å². The Hall–Kier alpha value is -0.610. The molecule has 0 bridgehead atoms. The second kappa shape index (κ2) is 4.34. The minimum absolute atomic E-state index is 0.0355. The van der Waals surface area contributed by atoms with Crippen molar-refractivity contribution >= 4 is 5.91 Å². The van der Waals surface area contributed by atoms with Crippen molar-refractivity contribution in [3.8, 4) is 0 Å². The number of carbonyl (C=O) groups is 1. The van der Waals surface area contributed by atoms with E-state index in [0.717, 1.165) is 0 Å². The molecule has 0 aromatic carbocycles. The predicted octanol–water partition coefficient (Wildman–Crippen LogP) is 0.901. The standard InChI is InChI=1S/C12H24N2O2/c1-11(2)9(13)12(3,4)10(11)14-8(15)6-7-16-5/h9-10H,6-7,13H2,1-5H3,(H,14,15). The van der Waals surface area contributed by atoms with Crippen LogP contribution in [0.4, 0.5) is 0 Å². The van der Waals surface area contributed by atoms with Gasteiger partial charge in [0.2, 0.25) is 5.91 Å². The normalized spacial score (nSPS) is 30.6. The maximum Gasteiger partial charge on any atom is 0.222 e. The van der Waals surface area contributed by atoms with Gasteiger partial charge in [-0.15, -0.1) is 0 Å². The number of methoxy groups -OCH3 is 1. The molecule has 94 valence electrons. The molecule has 3 N–H and O–H groups in total. The molecule has 1 aliphatic carbocycles. The van der Waals surface area contributed by atoms with Crippen molar-refractivity contribution in [3.63, 3.8) is 0 Å². The molecule has 4 nitrogen and oxygen atoms in total. The number of nitrogens with two attached hydrogens (primary N) is 1. The van der Waals surface area contributed by atoms with Crippen LogP contribution in [0.1, 0.15) is 34.1 Å².